The van der Waals surface area contributed by atoms with Crippen molar-refractivity contribution in [3.05, 3.63) is 85.1 Å². The summed E-state index contributed by atoms with van der Waals surface area (Å²) in [5, 5.41) is 31.4. The molecular formula is C59H96O12. The van der Waals surface area contributed by atoms with Gasteiger partial charge >= 0.3 is 23.9 Å². The number of allylic oxidation sites excluding steroid dienone is 14. The number of carboxylic acids is 1. The lowest BCUT2D eigenvalue weighted by Gasteiger charge is -2.40. The van der Waals surface area contributed by atoms with Crippen molar-refractivity contribution in [2.45, 2.75) is 250 Å². The molecule has 0 amide bonds. The second-order valence-electron chi connectivity index (χ2n) is 18.5. The Hall–Kier alpha value is -4.10. The first-order chi connectivity index (χ1) is 34.6. The van der Waals surface area contributed by atoms with Crippen LogP contribution < -0.4 is 0 Å². The molecular weight excluding hydrogens is 901 g/mol. The van der Waals surface area contributed by atoms with Crippen molar-refractivity contribution in [2.75, 3.05) is 13.2 Å². The molecule has 12 nitrogen and oxygen atoms in total. The van der Waals surface area contributed by atoms with E-state index in [1.807, 2.05) is 0 Å². The molecule has 6 atom stereocenters. The van der Waals surface area contributed by atoms with E-state index in [4.69, 9.17) is 23.7 Å². The van der Waals surface area contributed by atoms with E-state index in [1.165, 1.54) is 38.5 Å². The minimum atomic E-state index is -1.92. The number of carboxylic acid groups (broad SMARTS) is 1. The predicted molar refractivity (Wildman–Crippen MR) is 284 cm³/mol. The third-order valence-electron chi connectivity index (χ3n) is 12.0. The van der Waals surface area contributed by atoms with Gasteiger partial charge < -0.3 is 39.0 Å². The van der Waals surface area contributed by atoms with Gasteiger partial charge in [0.1, 0.15) is 18.8 Å². The van der Waals surface area contributed by atoms with Gasteiger partial charge in [-0.05, 0) is 89.9 Å². The van der Waals surface area contributed by atoms with Crippen LogP contribution in [-0.2, 0) is 42.9 Å². The van der Waals surface area contributed by atoms with Crippen molar-refractivity contribution in [3.8, 4) is 0 Å². The molecule has 0 aromatic heterocycles. The molecule has 404 valence electrons. The topological polar surface area (TPSA) is 175 Å². The van der Waals surface area contributed by atoms with Crippen LogP contribution in [0.25, 0.3) is 0 Å². The van der Waals surface area contributed by atoms with Crippen molar-refractivity contribution in [1.82, 2.24) is 0 Å². The highest BCUT2D eigenvalue weighted by atomic mass is 16.7. The molecule has 0 aromatic carbocycles. The van der Waals surface area contributed by atoms with E-state index in [-0.39, 0.29) is 25.9 Å². The SMILES string of the molecule is CC/C=C\C/C=C\C/C=C\C/C=C\CCCCC(=O)OC1C(OCC(COC(=O)CCCCCCCCC/C=C\C/C=C\C/C=C\CC)OC(=O)CCCCCCCCCCC)OC(C(=O)O)C(O)C1O. The summed E-state index contributed by atoms with van der Waals surface area (Å²) in [7, 11) is 0. The third kappa shape index (κ3) is 37.3. The van der Waals surface area contributed by atoms with Crippen LogP contribution in [0.3, 0.4) is 0 Å². The van der Waals surface area contributed by atoms with E-state index < -0.39 is 67.3 Å². The molecule has 1 fully saturated rings. The molecule has 1 rings (SSSR count). The van der Waals surface area contributed by atoms with Gasteiger partial charge in [-0.15, -0.1) is 0 Å². The summed E-state index contributed by atoms with van der Waals surface area (Å²) >= 11 is 0. The standard InChI is InChI=1S/C59H96O12/c1-4-7-10-13-16-19-21-23-25-26-28-29-31-34-36-39-42-45-51(60)67-48-50(69-52(61)46-43-40-37-33-18-15-12-9-6-3)49-68-59-57(55(64)54(63)56(71-59)58(65)66)70-53(62)47-44-41-38-35-32-30-27-24-22-20-17-14-11-8-5-2/h7-8,10-11,16-17,19-20,23-25,27,32,35,50,54-57,59,63-64H,4-6,9,12-15,18,21-22,26,28-31,33-34,36-49H2,1-3H3,(H,65,66)/b10-7-,11-8-,19-16-,20-17-,25-23-,27-24-,35-32-. The van der Waals surface area contributed by atoms with E-state index >= 15 is 0 Å². The highest BCUT2D eigenvalue weighted by molar-refractivity contribution is 5.74. The number of rotatable bonds is 45. The molecule has 0 saturated carbocycles. The zero-order chi connectivity index (χ0) is 51.8. The van der Waals surface area contributed by atoms with Gasteiger partial charge in [-0.1, -0.05) is 189 Å². The summed E-state index contributed by atoms with van der Waals surface area (Å²) in [5.41, 5.74) is 0. The summed E-state index contributed by atoms with van der Waals surface area (Å²) in [6.45, 7) is 5.69. The zero-order valence-electron chi connectivity index (χ0n) is 44.2. The number of unbranched alkanes of at least 4 members (excludes halogenated alkanes) is 17. The number of aliphatic hydroxyl groups excluding tert-OH is 2. The number of carbonyl (C=O) groups excluding carboxylic acids is 3. The quantitative estimate of drug-likeness (QED) is 0.0228. The number of esters is 3. The maximum atomic E-state index is 13.0. The van der Waals surface area contributed by atoms with Gasteiger partial charge in [0, 0.05) is 19.3 Å². The van der Waals surface area contributed by atoms with Crippen LogP contribution in [0.5, 0.6) is 0 Å². The largest absolute Gasteiger partial charge is 0.479 e. The van der Waals surface area contributed by atoms with Crippen molar-refractivity contribution in [3.63, 3.8) is 0 Å². The van der Waals surface area contributed by atoms with Crippen molar-refractivity contribution < 1.29 is 58.2 Å². The molecule has 0 aromatic rings. The lowest BCUT2D eigenvalue weighted by Crippen LogP contribution is -2.61. The maximum absolute atomic E-state index is 13.0. The Morgan fingerprint density at radius 3 is 1.38 bits per heavy atom. The first kappa shape index (κ1) is 64.9. The van der Waals surface area contributed by atoms with Crippen molar-refractivity contribution in [1.29, 1.82) is 0 Å². The second-order valence-corrected chi connectivity index (χ2v) is 18.5. The number of carbonyl (C=O) groups is 4. The molecule has 3 N–H and O–H groups in total. The first-order valence-corrected chi connectivity index (χ1v) is 27.6. The first-order valence-electron chi connectivity index (χ1n) is 27.6. The Bertz CT molecular complexity index is 1560. The van der Waals surface area contributed by atoms with Gasteiger partial charge in [0.2, 0.25) is 0 Å². The van der Waals surface area contributed by atoms with Crippen LogP contribution in [0.15, 0.2) is 85.1 Å². The van der Waals surface area contributed by atoms with Crippen LogP contribution in [0.4, 0.5) is 0 Å². The van der Waals surface area contributed by atoms with E-state index in [0.29, 0.717) is 25.7 Å². The fourth-order valence-electron chi connectivity index (χ4n) is 7.78. The van der Waals surface area contributed by atoms with Crippen molar-refractivity contribution in [2.24, 2.45) is 0 Å². The average Bonchev–Trinajstić information content (AvgIpc) is 3.35. The van der Waals surface area contributed by atoms with E-state index in [2.05, 4.69) is 106 Å². The number of ether oxygens (including phenoxy) is 5. The molecule has 0 bridgehead atoms. The molecule has 1 aliphatic rings. The van der Waals surface area contributed by atoms with Gasteiger partial charge in [0.05, 0.1) is 6.61 Å². The lowest BCUT2D eigenvalue weighted by molar-refractivity contribution is -0.301. The lowest BCUT2D eigenvalue weighted by atomic mass is 9.98. The Morgan fingerprint density at radius 2 is 0.887 bits per heavy atom. The maximum Gasteiger partial charge on any atom is 0.335 e. The van der Waals surface area contributed by atoms with Crippen LogP contribution in [0.1, 0.15) is 213 Å². The number of hydrogen-bond acceptors (Lipinski definition) is 11. The average molecular weight is 997 g/mol. The molecule has 1 saturated heterocycles. The number of hydrogen-bond donors (Lipinski definition) is 3. The molecule has 12 heteroatoms. The van der Waals surface area contributed by atoms with Gasteiger partial charge in [0.15, 0.2) is 24.6 Å². The molecule has 0 radical (unpaired) electrons. The summed E-state index contributed by atoms with van der Waals surface area (Å²) in [5.74, 6) is -3.19. The Labute approximate surface area is 429 Å². The van der Waals surface area contributed by atoms with Crippen LogP contribution in [0.2, 0.25) is 0 Å². The zero-order valence-corrected chi connectivity index (χ0v) is 44.2. The minimum Gasteiger partial charge on any atom is -0.479 e. The van der Waals surface area contributed by atoms with Gasteiger partial charge in [0.25, 0.3) is 0 Å². The Balaban J connectivity index is 2.70. The van der Waals surface area contributed by atoms with Gasteiger partial charge in [-0.25, -0.2) is 4.79 Å². The van der Waals surface area contributed by atoms with E-state index in [1.54, 1.807) is 0 Å². The van der Waals surface area contributed by atoms with Crippen LogP contribution in [0, 0.1) is 0 Å². The summed E-state index contributed by atoms with van der Waals surface area (Å²) in [4.78, 5) is 50.9. The predicted octanol–water partition coefficient (Wildman–Crippen LogP) is 13.6. The normalized spacial score (nSPS) is 19.1. The molecule has 0 aliphatic carbocycles. The fraction of sp³-hybridized carbons (Fsp3) is 0.695. The number of aliphatic hydroxyl groups is 2. The molecule has 0 spiro atoms. The fourth-order valence-corrected chi connectivity index (χ4v) is 7.78. The molecule has 1 heterocycles. The Kier molecular flexibility index (Phi) is 42.9. The van der Waals surface area contributed by atoms with Gasteiger partial charge in [-0.3, -0.25) is 14.4 Å². The third-order valence-corrected chi connectivity index (χ3v) is 12.0. The number of aliphatic carboxylic acids is 1. The minimum absolute atomic E-state index is 0.00516. The van der Waals surface area contributed by atoms with Crippen LogP contribution in [-0.4, -0.2) is 89.2 Å². The highest BCUT2D eigenvalue weighted by Gasteiger charge is 2.50. The highest BCUT2D eigenvalue weighted by Crippen LogP contribution is 2.26. The Morgan fingerprint density at radius 1 is 0.479 bits per heavy atom. The second kappa shape index (κ2) is 46.9. The summed E-state index contributed by atoms with van der Waals surface area (Å²) in [6, 6.07) is 0. The molecule has 1 aliphatic heterocycles. The van der Waals surface area contributed by atoms with E-state index in [9.17, 15) is 34.5 Å². The summed E-state index contributed by atoms with van der Waals surface area (Å²) in [6.07, 6.45) is 47.2. The van der Waals surface area contributed by atoms with E-state index in [0.717, 1.165) is 109 Å². The van der Waals surface area contributed by atoms with Crippen LogP contribution >= 0.6 is 0 Å². The van der Waals surface area contributed by atoms with Gasteiger partial charge in [-0.2, -0.15) is 0 Å². The molecule has 71 heavy (non-hydrogen) atoms. The van der Waals surface area contributed by atoms with Crippen molar-refractivity contribution >= 4 is 23.9 Å². The summed E-state index contributed by atoms with van der Waals surface area (Å²) < 4.78 is 28.3. The smallest absolute Gasteiger partial charge is 0.335 e. The molecule has 6 unspecified atom stereocenters. The monoisotopic (exact) mass is 997 g/mol.